The lowest BCUT2D eigenvalue weighted by Gasteiger charge is -2.35. The Morgan fingerprint density at radius 3 is 2.07 bits per heavy atom. The van der Waals surface area contributed by atoms with Gasteiger partial charge in [0.25, 0.3) is 0 Å². The zero-order chi connectivity index (χ0) is 32.1. The molecule has 3 rings (SSSR count). The molecule has 3 aromatic rings. The summed E-state index contributed by atoms with van der Waals surface area (Å²) in [5.74, 6) is -2.11. The number of benzene rings is 3. The summed E-state index contributed by atoms with van der Waals surface area (Å²) >= 11 is 0. The average Bonchev–Trinajstić information content (AvgIpc) is 3.05. The normalized spacial score (nSPS) is 13.4. The third-order valence-corrected chi connectivity index (χ3v) is 6.52. The van der Waals surface area contributed by atoms with Crippen LogP contribution in [0.3, 0.4) is 0 Å². The Bertz CT molecular complexity index is 1370. The number of carbonyl (C=O) groups excluding carboxylic acids is 4. The lowest BCUT2D eigenvalue weighted by Crippen LogP contribution is -2.57. The second-order valence-electron chi connectivity index (χ2n) is 9.65. The number of rotatable bonds is 14. The van der Waals surface area contributed by atoms with Crippen LogP contribution in [0.4, 0.5) is 4.79 Å². The van der Waals surface area contributed by atoms with Crippen LogP contribution in [0.25, 0.3) is 0 Å². The van der Waals surface area contributed by atoms with E-state index < -0.39 is 48.2 Å². The topological polar surface area (TPSA) is 150 Å². The molecule has 0 aliphatic carbocycles. The zero-order valence-electron chi connectivity index (χ0n) is 24.9. The molecule has 12 heteroatoms. The van der Waals surface area contributed by atoms with E-state index in [1.807, 2.05) is 6.07 Å². The maximum absolute atomic E-state index is 13.7. The molecule has 3 aromatic carbocycles. The fraction of sp³-hybridized carbons (Fsp3) is 0.312. The van der Waals surface area contributed by atoms with Crippen LogP contribution in [-0.4, -0.2) is 80.2 Å². The molecule has 2 N–H and O–H groups in total. The van der Waals surface area contributed by atoms with Gasteiger partial charge in [-0.15, -0.1) is 0 Å². The quantitative estimate of drug-likeness (QED) is 0.159. The Morgan fingerprint density at radius 2 is 1.50 bits per heavy atom. The molecule has 4 atom stereocenters. The van der Waals surface area contributed by atoms with Crippen molar-refractivity contribution >= 4 is 23.9 Å². The van der Waals surface area contributed by atoms with Crippen LogP contribution in [-0.2, 0) is 35.1 Å². The van der Waals surface area contributed by atoms with Crippen molar-refractivity contribution in [3.05, 3.63) is 102 Å². The highest BCUT2D eigenvalue weighted by atomic mass is 16.7. The predicted octanol–water partition coefficient (Wildman–Crippen LogP) is 3.24. The third kappa shape index (κ3) is 9.28. The van der Waals surface area contributed by atoms with E-state index >= 15 is 0 Å². The summed E-state index contributed by atoms with van der Waals surface area (Å²) in [4.78, 5) is 53.7. The first-order chi connectivity index (χ1) is 21.2. The van der Waals surface area contributed by atoms with Gasteiger partial charge in [-0.1, -0.05) is 60.7 Å². The van der Waals surface area contributed by atoms with Crippen molar-refractivity contribution in [2.24, 2.45) is 0 Å². The molecule has 0 unspecified atom stereocenters. The fourth-order valence-electron chi connectivity index (χ4n) is 4.20. The van der Waals surface area contributed by atoms with Crippen molar-refractivity contribution in [2.75, 3.05) is 28.1 Å². The second kappa shape index (κ2) is 16.6. The first-order valence-electron chi connectivity index (χ1n) is 13.6. The molecule has 0 saturated heterocycles. The van der Waals surface area contributed by atoms with Gasteiger partial charge in [0.05, 0.1) is 18.8 Å². The second-order valence-corrected chi connectivity index (χ2v) is 9.65. The minimum Gasteiger partial charge on any atom is -0.468 e. The van der Waals surface area contributed by atoms with E-state index in [9.17, 15) is 24.3 Å². The standard InChI is InChI=1S/C32H36N2O10/c1-21(35)26(33-32(39)42-19-22-11-7-5-8-12-22)29(36)34(2)27(31(38)41-4)28(44-30(37)24-13-9-6-10-14-24)23-15-17-25(18-16-23)43-20-40-3/h5-18,21,26-28,35H,19-20H2,1-4H3,(H,33,39)/t21-,26+,27+,28-/m1/s1. The van der Waals surface area contributed by atoms with E-state index in [0.29, 0.717) is 16.9 Å². The van der Waals surface area contributed by atoms with Crippen molar-refractivity contribution in [2.45, 2.75) is 37.8 Å². The van der Waals surface area contributed by atoms with Crippen LogP contribution >= 0.6 is 0 Å². The molecule has 44 heavy (non-hydrogen) atoms. The fourth-order valence-corrected chi connectivity index (χ4v) is 4.20. The van der Waals surface area contributed by atoms with Crippen molar-refractivity contribution in [1.29, 1.82) is 0 Å². The molecule has 0 saturated carbocycles. The molecule has 0 radical (unpaired) electrons. The van der Waals surface area contributed by atoms with E-state index in [2.05, 4.69) is 5.32 Å². The number of hydrogen-bond donors (Lipinski definition) is 2. The number of alkyl carbamates (subject to hydrolysis) is 1. The molecule has 0 fully saturated rings. The summed E-state index contributed by atoms with van der Waals surface area (Å²) in [5, 5.41) is 12.8. The predicted molar refractivity (Wildman–Crippen MR) is 157 cm³/mol. The molecule has 0 aliphatic rings. The number of aliphatic hydroxyl groups excluding tert-OH is 1. The molecule has 0 bridgehead atoms. The number of nitrogens with one attached hydrogen (secondary N) is 1. The Kier molecular flexibility index (Phi) is 12.7. The molecule has 0 spiro atoms. The zero-order valence-corrected chi connectivity index (χ0v) is 24.9. The Morgan fingerprint density at radius 1 is 0.886 bits per heavy atom. The highest BCUT2D eigenvalue weighted by Crippen LogP contribution is 2.29. The van der Waals surface area contributed by atoms with E-state index in [-0.39, 0.29) is 19.0 Å². The van der Waals surface area contributed by atoms with Crippen molar-refractivity contribution < 1.29 is 48.0 Å². The number of carbonyl (C=O) groups is 4. The van der Waals surface area contributed by atoms with Gasteiger partial charge in [0.15, 0.2) is 18.9 Å². The number of likely N-dealkylation sites (N-methyl/N-ethyl adjacent to an activating group) is 1. The Labute approximate surface area is 255 Å². The molecule has 0 heterocycles. The number of hydrogen-bond acceptors (Lipinski definition) is 10. The van der Waals surface area contributed by atoms with Crippen LogP contribution in [0.1, 0.15) is 34.5 Å². The monoisotopic (exact) mass is 608 g/mol. The van der Waals surface area contributed by atoms with E-state index in [1.165, 1.54) is 33.2 Å². The van der Waals surface area contributed by atoms with Gasteiger partial charge in [0.1, 0.15) is 18.4 Å². The van der Waals surface area contributed by atoms with Crippen LogP contribution in [0.5, 0.6) is 5.75 Å². The largest absolute Gasteiger partial charge is 0.468 e. The van der Waals surface area contributed by atoms with Gasteiger partial charge >= 0.3 is 18.0 Å². The van der Waals surface area contributed by atoms with E-state index in [4.69, 9.17) is 23.7 Å². The molecule has 0 aromatic heterocycles. The van der Waals surface area contributed by atoms with Crippen LogP contribution in [0.2, 0.25) is 0 Å². The summed E-state index contributed by atoms with van der Waals surface area (Å²) in [7, 11) is 3.87. The lowest BCUT2D eigenvalue weighted by atomic mass is 9.99. The molecule has 2 amide bonds. The molecule has 0 aliphatic heterocycles. The molecular weight excluding hydrogens is 572 g/mol. The van der Waals surface area contributed by atoms with Crippen LogP contribution < -0.4 is 10.1 Å². The highest BCUT2D eigenvalue weighted by molar-refractivity contribution is 5.92. The summed E-state index contributed by atoms with van der Waals surface area (Å²) in [6.07, 6.45) is -3.73. The molecule has 234 valence electrons. The first kappa shape index (κ1) is 33.6. The third-order valence-electron chi connectivity index (χ3n) is 6.52. The molecular formula is C32H36N2O10. The number of esters is 2. The highest BCUT2D eigenvalue weighted by Gasteiger charge is 2.42. The first-order valence-corrected chi connectivity index (χ1v) is 13.6. The number of methoxy groups -OCH3 is 2. The Hall–Kier alpha value is -4.94. The Balaban J connectivity index is 1.91. The maximum Gasteiger partial charge on any atom is 0.408 e. The minimum absolute atomic E-state index is 0.00465. The van der Waals surface area contributed by atoms with Gasteiger partial charge in [-0.3, -0.25) is 4.79 Å². The number of nitrogens with zero attached hydrogens (tertiary/aromatic N) is 1. The number of aliphatic hydroxyl groups is 1. The summed E-state index contributed by atoms with van der Waals surface area (Å²) in [6, 6.07) is 20.2. The average molecular weight is 609 g/mol. The van der Waals surface area contributed by atoms with Crippen molar-refractivity contribution in [3.63, 3.8) is 0 Å². The van der Waals surface area contributed by atoms with Gasteiger partial charge < -0.3 is 39.0 Å². The SMILES string of the molecule is COCOc1ccc([C@@H](OC(=O)c2ccccc2)[C@@H](C(=O)OC)N(C)C(=O)[C@@H](NC(=O)OCc2ccccc2)[C@@H](C)O)cc1. The maximum atomic E-state index is 13.7. The summed E-state index contributed by atoms with van der Waals surface area (Å²) in [6.45, 7) is 1.22. The van der Waals surface area contributed by atoms with Crippen molar-refractivity contribution in [3.8, 4) is 5.75 Å². The number of ether oxygens (including phenoxy) is 5. The summed E-state index contributed by atoms with van der Waals surface area (Å²) < 4.78 is 26.4. The van der Waals surface area contributed by atoms with Crippen LogP contribution in [0, 0.1) is 0 Å². The van der Waals surface area contributed by atoms with Gasteiger partial charge in [0.2, 0.25) is 5.91 Å². The van der Waals surface area contributed by atoms with Gasteiger partial charge in [0, 0.05) is 14.2 Å². The van der Waals surface area contributed by atoms with E-state index in [1.54, 1.807) is 66.7 Å². The number of amides is 2. The van der Waals surface area contributed by atoms with Gasteiger partial charge in [-0.05, 0) is 42.3 Å². The smallest absolute Gasteiger partial charge is 0.408 e. The van der Waals surface area contributed by atoms with Crippen LogP contribution in [0.15, 0.2) is 84.9 Å². The minimum atomic E-state index is -1.53. The van der Waals surface area contributed by atoms with Gasteiger partial charge in [-0.25, -0.2) is 14.4 Å². The van der Waals surface area contributed by atoms with E-state index in [0.717, 1.165) is 12.0 Å². The van der Waals surface area contributed by atoms with Gasteiger partial charge in [-0.2, -0.15) is 0 Å². The lowest BCUT2D eigenvalue weighted by molar-refractivity contribution is -0.158. The van der Waals surface area contributed by atoms with Crippen molar-refractivity contribution in [1.82, 2.24) is 10.2 Å². The molecule has 12 nitrogen and oxygen atoms in total. The summed E-state index contributed by atoms with van der Waals surface area (Å²) in [5.41, 5.74) is 1.25.